The van der Waals surface area contributed by atoms with Gasteiger partial charge in [-0.25, -0.2) is 8.42 Å². The molecule has 7 nitrogen and oxygen atoms in total. The number of rotatable bonds is 4. The largest absolute Gasteiger partial charge is 0.342 e. The number of nitrogens with one attached hydrogen (secondary N) is 1. The fourth-order valence-corrected chi connectivity index (χ4v) is 6.88. The highest BCUT2D eigenvalue weighted by Gasteiger charge is 2.49. The second-order valence-corrected chi connectivity index (χ2v) is 11.2. The van der Waals surface area contributed by atoms with Gasteiger partial charge in [-0.05, 0) is 34.6 Å². The normalized spacial score (nSPS) is 23.4. The summed E-state index contributed by atoms with van der Waals surface area (Å²) < 4.78 is 37.2. The third-order valence-electron chi connectivity index (χ3n) is 5.12. The second kappa shape index (κ2) is 7.48. The standard InChI is InChI=1S/C20H17ClNO6PS/c21-14-6-8-18-16(10-14)17(11-30(18,27)28)19(29(24,25)26)20(23)22-15-7-5-12-3-1-2-4-13(12)9-15/h1-11,16,18-19H,(H,22,23)(H2,24,25,26). The topological polar surface area (TPSA) is 121 Å². The van der Waals surface area contributed by atoms with Crippen LogP contribution >= 0.6 is 19.2 Å². The van der Waals surface area contributed by atoms with Gasteiger partial charge in [0.2, 0.25) is 5.91 Å². The molecule has 2 aromatic rings. The first kappa shape index (κ1) is 21.0. The lowest BCUT2D eigenvalue weighted by atomic mass is 9.90. The Morgan fingerprint density at radius 2 is 1.83 bits per heavy atom. The van der Waals surface area contributed by atoms with Crippen LogP contribution in [0, 0.1) is 5.92 Å². The number of sulfone groups is 1. The maximum Gasteiger partial charge on any atom is 0.342 e. The summed E-state index contributed by atoms with van der Waals surface area (Å²) in [6.07, 6.45) is 4.18. The Morgan fingerprint density at radius 3 is 2.53 bits per heavy atom. The lowest BCUT2D eigenvalue weighted by Gasteiger charge is -2.25. The molecule has 2 aromatic carbocycles. The van der Waals surface area contributed by atoms with Crippen LogP contribution in [0.4, 0.5) is 5.69 Å². The van der Waals surface area contributed by atoms with Gasteiger partial charge in [-0.3, -0.25) is 9.36 Å². The summed E-state index contributed by atoms with van der Waals surface area (Å²) in [5.74, 6) is -1.91. The van der Waals surface area contributed by atoms with Crippen LogP contribution in [0.25, 0.3) is 10.8 Å². The Bertz CT molecular complexity index is 1290. The highest BCUT2D eigenvalue weighted by atomic mass is 35.5. The molecule has 0 spiro atoms. The maximum atomic E-state index is 12.9. The van der Waals surface area contributed by atoms with E-state index >= 15 is 0 Å². The number of anilines is 1. The molecule has 0 bridgehead atoms. The summed E-state index contributed by atoms with van der Waals surface area (Å²) in [4.78, 5) is 32.8. The van der Waals surface area contributed by atoms with E-state index in [2.05, 4.69) is 5.32 Å². The molecule has 2 aliphatic rings. The lowest BCUT2D eigenvalue weighted by molar-refractivity contribution is -0.115. The van der Waals surface area contributed by atoms with E-state index in [-0.39, 0.29) is 10.6 Å². The number of fused-ring (bicyclic) bond motifs is 2. The number of carbonyl (C=O) groups excluding carboxylic acids is 1. The summed E-state index contributed by atoms with van der Waals surface area (Å²) >= 11 is 5.98. The Morgan fingerprint density at radius 1 is 1.13 bits per heavy atom. The van der Waals surface area contributed by atoms with Gasteiger partial charge < -0.3 is 15.1 Å². The zero-order valence-electron chi connectivity index (χ0n) is 15.3. The average Bonchev–Trinajstić information content (AvgIpc) is 2.90. The first-order valence-electron chi connectivity index (χ1n) is 8.92. The molecule has 0 saturated heterocycles. The van der Waals surface area contributed by atoms with Crippen molar-refractivity contribution >= 4 is 51.4 Å². The van der Waals surface area contributed by atoms with E-state index in [1.165, 1.54) is 18.2 Å². The number of amides is 1. The van der Waals surface area contributed by atoms with Crippen molar-refractivity contribution in [2.24, 2.45) is 5.92 Å². The van der Waals surface area contributed by atoms with Crippen LogP contribution in [0.3, 0.4) is 0 Å². The third kappa shape index (κ3) is 3.89. The zero-order valence-corrected chi connectivity index (χ0v) is 17.8. The Labute approximate surface area is 177 Å². The van der Waals surface area contributed by atoms with Gasteiger partial charge in [0.15, 0.2) is 15.5 Å². The predicted octanol–water partition coefficient (Wildman–Crippen LogP) is 3.31. The molecule has 0 aromatic heterocycles. The summed E-state index contributed by atoms with van der Waals surface area (Å²) in [7, 11) is -8.88. The number of hydrogen-bond donors (Lipinski definition) is 3. The monoisotopic (exact) mass is 465 g/mol. The van der Waals surface area contributed by atoms with Gasteiger partial charge >= 0.3 is 7.60 Å². The van der Waals surface area contributed by atoms with Crippen LogP contribution in [0.1, 0.15) is 0 Å². The Hall–Kier alpha value is -2.22. The van der Waals surface area contributed by atoms with E-state index in [0.29, 0.717) is 5.69 Å². The van der Waals surface area contributed by atoms with Crippen molar-refractivity contribution in [2.45, 2.75) is 10.9 Å². The van der Waals surface area contributed by atoms with Crippen LogP contribution in [-0.4, -0.2) is 35.0 Å². The van der Waals surface area contributed by atoms with Gasteiger partial charge in [0, 0.05) is 22.0 Å². The first-order chi connectivity index (χ1) is 14.1. The number of benzene rings is 2. The number of allylic oxidation sites excluding steroid dienone is 3. The molecule has 1 heterocycles. The van der Waals surface area contributed by atoms with Crippen LogP contribution < -0.4 is 5.32 Å². The minimum absolute atomic E-state index is 0.172. The van der Waals surface area contributed by atoms with Crippen molar-refractivity contribution in [1.29, 1.82) is 0 Å². The molecule has 3 atom stereocenters. The van der Waals surface area contributed by atoms with Gasteiger partial charge in [-0.2, -0.15) is 0 Å². The van der Waals surface area contributed by atoms with Crippen molar-refractivity contribution in [3.05, 3.63) is 76.7 Å². The first-order valence-corrected chi connectivity index (χ1v) is 12.6. The second-order valence-electron chi connectivity index (χ2n) is 7.15. The molecule has 0 saturated carbocycles. The molecule has 30 heavy (non-hydrogen) atoms. The van der Waals surface area contributed by atoms with Gasteiger partial charge in [-0.15, -0.1) is 0 Å². The minimum Gasteiger partial charge on any atom is -0.325 e. The SMILES string of the molecule is O=C(Nc1ccc2ccccc2c1)C(C1=CS(=O)(=O)C2C=CC(Cl)=CC12)P(=O)(O)O. The van der Waals surface area contributed by atoms with Crippen molar-refractivity contribution in [1.82, 2.24) is 0 Å². The molecule has 0 fully saturated rings. The molecular formula is C20H17ClNO6PS. The van der Waals surface area contributed by atoms with Crippen molar-refractivity contribution < 1.29 is 27.6 Å². The predicted molar refractivity (Wildman–Crippen MR) is 116 cm³/mol. The summed E-state index contributed by atoms with van der Waals surface area (Å²) in [6.45, 7) is 0. The Balaban J connectivity index is 1.71. The third-order valence-corrected chi connectivity index (χ3v) is 8.39. The highest BCUT2D eigenvalue weighted by Crippen LogP contribution is 2.51. The lowest BCUT2D eigenvalue weighted by Crippen LogP contribution is -2.33. The summed E-state index contributed by atoms with van der Waals surface area (Å²) in [6, 6.07) is 12.5. The van der Waals surface area contributed by atoms with Crippen molar-refractivity contribution in [3.8, 4) is 0 Å². The average molecular weight is 466 g/mol. The molecule has 0 radical (unpaired) electrons. The van der Waals surface area contributed by atoms with E-state index in [9.17, 15) is 27.6 Å². The molecule has 3 N–H and O–H groups in total. The van der Waals surface area contributed by atoms with Crippen LogP contribution in [0.5, 0.6) is 0 Å². The van der Waals surface area contributed by atoms with Crippen molar-refractivity contribution in [3.63, 3.8) is 0 Å². The number of hydrogen-bond acceptors (Lipinski definition) is 4. The van der Waals surface area contributed by atoms with Crippen LogP contribution in [0.15, 0.2) is 76.7 Å². The number of halogens is 1. The molecular weight excluding hydrogens is 449 g/mol. The van der Waals surface area contributed by atoms with E-state index in [1.807, 2.05) is 24.3 Å². The molecule has 156 valence electrons. The molecule has 4 rings (SSSR count). The quantitative estimate of drug-likeness (QED) is 0.596. The zero-order chi connectivity index (χ0) is 21.7. The van der Waals surface area contributed by atoms with E-state index in [1.54, 1.807) is 18.2 Å². The molecule has 1 aliphatic carbocycles. The van der Waals surface area contributed by atoms with E-state index < -0.39 is 40.2 Å². The number of carbonyl (C=O) groups is 1. The summed E-state index contributed by atoms with van der Waals surface area (Å²) in [5, 5.41) is 4.26. The van der Waals surface area contributed by atoms with E-state index in [0.717, 1.165) is 16.2 Å². The smallest absolute Gasteiger partial charge is 0.325 e. The summed E-state index contributed by atoms with van der Waals surface area (Å²) in [5.41, 5.74) is -1.79. The fourth-order valence-electron chi connectivity index (χ4n) is 3.80. The minimum atomic E-state index is -5.05. The molecule has 10 heteroatoms. The van der Waals surface area contributed by atoms with Gasteiger partial charge in [0.1, 0.15) is 0 Å². The van der Waals surface area contributed by atoms with Gasteiger partial charge in [0.05, 0.1) is 5.25 Å². The fraction of sp³-hybridized carbons (Fsp3) is 0.150. The maximum absolute atomic E-state index is 12.9. The molecule has 1 amide bonds. The van der Waals surface area contributed by atoms with Gasteiger partial charge in [0.25, 0.3) is 0 Å². The van der Waals surface area contributed by atoms with Gasteiger partial charge in [-0.1, -0.05) is 54.1 Å². The molecule has 3 unspecified atom stereocenters. The Kier molecular flexibility index (Phi) is 5.24. The highest BCUT2D eigenvalue weighted by molar-refractivity contribution is 7.95. The van der Waals surface area contributed by atoms with Crippen molar-refractivity contribution in [2.75, 3.05) is 5.32 Å². The van der Waals surface area contributed by atoms with Crippen LogP contribution in [-0.2, 0) is 19.2 Å². The molecule has 1 aliphatic heterocycles. The van der Waals surface area contributed by atoms with E-state index in [4.69, 9.17) is 11.6 Å². The van der Waals surface area contributed by atoms with Crippen LogP contribution in [0.2, 0.25) is 0 Å².